The Kier molecular flexibility index (Phi) is 4.64. The van der Waals surface area contributed by atoms with Gasteiger partial charge in [-0.15, -0.1) is 0 Å². The van der Waals surface area contributed by atoms with Crippen LogP contribution in [0.25, 0.3) is 5.57 Å². The summed E-state index contributed by atoms with van der Waals surface area (Å²) in [7, 11) is -4.05. The molecule has 4 N–H and O–H groups in total. The summed E-state index contributed by atoms with van der Waals surface area (Å²) in [5.41, 5.74) is 6.69. The number of sulfone groups is 1. The van der Waals surface area contributed by atoms with Crippen LogP contribution in [0.3, 0.4) is 0 Å². The summed E-state index contributed by atoms with van der Waals surface area (Å²) in [6, 6.07) is 13.4. The van der Waals surface area contributed by atoms with Crippen molar-refractivity contribution in [2.24, 2.45) is 10.7 Å². The van der Waals surface area contributed by atoms with Crippen molar-refractivity contribution in [3.8, 4) is 0 Å². The second-order valence-corrected chi connectivity index (χ2v) is 8.93. The molecular weight excluding hydrogens is 416 g/mol. The number of rotatable bonds is 3. The number of carbonyl (C=O) groups excluding carboxylic acids is 2. The van der Waals surface area contributed by atoms with Crippen LogP contribution in [0, 0.1) is 0 Å². The second kappa shape index (κ2) is 7.02. The van der Waals surface area contributed by atoms with E-state index in [1.54, 1.807) is 42.5 Å². The molecule has 1 fully saturated rings. The van der Waals surface area contributed by atoms with Crippen LogP contribution in [0.1, 0.15) is 5.56 Å². The van der Waals surface area contributed by atoms with Gasteiger partial charge in [0.2, 0.25) is 0 Å². The predicted octanol–water partition coefficient (Wildman–Crippen LogP) is 1.47. The third-order valence-electron chi connectivity index (χ3n) is 4.65. The number of nitrogens with zero attached hydrogens (tertiary/aromatic N) is 1. The van der Waals surface area contributed by atoms with E-state index in [0.717, 1.165) is 0 Å². The van der Waals surface area contributed by atoms with E-state index in [9.17, 15) is 18.0 Å². The lowest BCUT2D eigenvalue weighted by molar-refractivity contribution is -0.117. The molecule has 2 aliphatic rings. The van der Waals surface area contributed by atoms with E-state index in [-0.39, 0.29) is 21.9 Å². The number of nitrogens with one attached hydrogen (secondary N) is 2. The lowest BCUT2D eigenvalue weighted by atomic mass is 9.91. The number of amides is 3. The molecular formula is C19H15ClN4O4S. The third-order valence-corrected chi connectivity index (χ3v) is 6.93. The van der Waals surface area contributed by atoms with E-state index >= 15 is 0 Å². The van der Waals surface area contributed by atoms with E-state index in [0.29, 0.717) is 10.6 Å². The molecule has 0 bridgehead atoms. The Balaban J connectivity index is 1.98. The van der Waals surface area contributed by atoms with Crippen LogP contribution in [0.2, 0.25) is 5.02 Å². The van der Waals surface area contributed by atoms with Crippen molar-refractivity contribution < 1.29 is 18.0 Å². The molecule has 10 heteroatoms. The number of aliphatic imine (C=N–C) groups is 1. The van der Waals surface area contributed by atoms with Crippen LogP contribution in [-0.4, -0.2) is 37.6 Å². The number of dihydropyridines is 1. The van der Waals surface area contributed by atoms with E-state index < -0.39 is 33.2 Å². The number of hydrogen-bond donors (Lipinski definition) is 3. The zero-order chi connectivity index (χ0) is 20.8. The van der Waals surface area contributed by atoms with Crippen molar-refractivity contribution in [1.29, 1.82) is 0 Å². The minimum atomic E-state index is -4.05. The fourth-order valence-corrected chi connectivity index (χ4v) is 5.28. The minimum absolute atomic E-state index is 0.0191. The number of nitrogens with two attached hydrogens (primary N) is 1. The zero-order valence-electron chi connectivity index (χ0n) is 14.8. The Morgan fingerprint density at radius 3 is 2.28 bits per heavy atom. The summed E-state index contributed by atoms with van der Waals surface area (Å²) in [5.74, 6) is -0.948. The van der Waals surface area contributed by atoms with Crippen LogP contribution in [-0.2, 0) is 14.6 Å². The average Bonchev–Trinajstić information content (AvgIpc) is 2.67. The van der Waals surface area contributed by atoms with Gasteiger partial charge in [0.25, 0.3) is 5.91 Å². The van der Waals surface area contributed by atoms with Gasteiger partial charge in [0, 0.05) is 5.02 Å². The SMILES string of the molecule is NC1=NC2NC(=O)NC(=O)C2=C(c2ccc(Cl)cc2)C1S(=O)(=O)c1ccccc1. The summed E-state index contributed by atoms with van der Waals surface area (Å²) in [5, 5.41) is 3.66. The van der Waals surface area contributed by atoms with Crippen molar-refractivity contribution in [3.63, 3.8) is 0 Å². The number of halogens is 1. The second-order valence-electron chi connectivity index (χ2n) is 6.46. The highest BCUT2D eigenvalue weighted by Gasteiger charge is 2.45. The van der Waals surface area contributed by atoms with Crippen molar-refractivity contribution in [2.45, 2.75) is 16.3 Å². The number of benzene rings is 2. The van der Waals surface area contributed by atoms with E-state index in [1.807, 2.05) is 0 Å². The van der Waals surface area contributed by atoms with Crippen molar-refractivity contribution in [1.82, 2.24) is 10.6 Å². The Hall–Kier alpha value is -3.17. The molecule has 0 radical (unpaired) electrons. The molecule has 4 rings (SSSR count). The third kappa shape index (κ3) is 3.28. The first kappa shape index (κ1) is 19.2. The number of amidine groups is 1. The van der Waals surface area contributed by atoms with Crippen LogP contribution >= 0.6 is 11.6 Å². The minimum Gasteiger partial charge on any atom is -0.386 e. The summed E-state index contributed by atoms with van der Waals surface area (Å²) in [6.45, 7) is 0. The van der Waals surface area contributed by atoms with Gasteiger partial charge in [-0.05, 0) is 35.4 Å². The van der Waals surface area contributed by atoms with Crippen molar-refractivity contribution in [2.75, 3.05) is 0 Å². The van der Waals surface area contributed by atoms with Crippen LogP contribution in [0.5, 0.6) is 0 Å². The quantitative estimate of drug-likeness (QED) is 0.678. The molecule has 1 saturated heterocycles. The molecule has 2 aliphatic heterocycles. The summed E-state index contributed by atoms with van der Waals surface area (Å²) in [6.07, 6.45) is -1.08. The summed E-state index contributed by atoms with van der Waals surface area (Å²) < 4.78 is 26.9. The number of carbonyl (C=O) groups is 2. The zero-order valence-corrected chi connectivity index (χ0v) is 16.4. The van der Waals surface area contributed by atoms with Gasteiger partial charge in [0.1, 0.15) is 11.1 Å². The Labute approximate surface area is 171 Å². The molecule has 2 unspecified atom stereocenters. The molecule has 0 saturated carbocycles. The van der Waals surface area contributed by atoms with Crippen molar-refractivity contribution >= 4 is 44.8 Å². The lowest BCUT2D eigenvalue weighted by Crippen LogP contribution is -2.57. The maximum atomic E-state index is 13.5. The topological polar surface area (TPSA) is 131 Å². The van der Waals surface area contributed by atoms with E-state index in [4.69, 9.17) is 17.3 Å². The largest absolute Gasteiger partial charge is 0.386 e. The van der Waals surface area contributed by atoms with E-state index in [1.165, 1.54) is 12.1 Å². The van der Waals surface area contributed by atoms with Gasteiger partial charge in [-0.1, -0.05) is 41.9 Å². The number of fused-ring (bicyclic) bond motifs is 1. The molecule has 29 heavy (non-hydrogen) atoms. The molecule has 2 atom stereocenters. The normalized spacial score (nSPS) is 21.8. The van der Waals surface area contributed by atoms with Crippen LogP contribution in [0.4, 0.5) is 4.79 Å². The Bertz CT molecular complexity index is 1170. The Morgan fingerprint density at radius 2 is 1.62 bits per heavy atom. The van der Waals surface area contributed by atoms with Crippen LogP contribution < -0.4 is 16.4 Å². The van der Waals surface area contributed by atoms with Gasteiger partial charge in [-0.2, -0.15) is 0 Å². The number of hydrogen-bond acceptors (Lipinski definition) is 6. The molecule has 0 aromatic heterocycles. The average molecular weight is 431 g/mol. The molecule has 8 nitrogen and oxygen atoms in total. The number of urea groups is 1. The molecule has 2 aromatic rings. The van der Waals surface area contributed by atoms with E-state index in [2.05, 4.69) is 15.6 Å². The fourth-order valence-electron chi connectivity index (χ4n) is 3.40. The molecule has 0 aliphatic carbocycles. The van der Waals surface area contributed by atoms with Gasteiger partial charge in [-0.25, -0.2) is 18.2 Å². The first-order chi connectivity index (χ1) is 13.8. The highest BCUT2D eigenvalue weighted by Crippen LogP contribution is 2.36. The Morgan fingerprint density at radius 1 is 0.966 bits per heavy atom. The first-order valence-electron chi connectivity index (χ1n) is 8.53. The van der Waals surface area contributed by atoms with Gasteiger partial charge in [0.15, 0.2) is 16.0 Å². The molecule has 2 heterocycles. The van der Waals surface area contributed by atoms with Crippen LogP contribution in [0.15, 0.2) is 70.1 Å². The van der Waals surface area contributed by atoms with Crippen molar-refractivity contribution in [3.05, 3.63) is 70.8 Å². The fraction of sp³-hybridized carbons (Fsp3) is 0.105. The standard InChI is InChI=1S/C19H15ClN4O4S/c20-11-8-6-10(7-9-11)13-14-17(23-19(26)24-18(14)25)22-16(21)15(13)29(27,28)12-4-2-1-3-5-12/h1-9,15,17H,(H2,21,22)(H2,23,24,25,26). The maximum Gasteiger partial charge on any atom is 0.323 e. The molecule has 2 aromatic carbocycles. The smallest absolute Gasteiger partial charge is 0.323 e. The van der Waals surface area contributed by atoms with Gasteiger partial charge >= 0.3 is 6.03 Å². The molecule has 148 valence electrons. The van der Waals surface area contributed by atoms with Gasteiger partial charge in [-0.3, -0.25) is 10.1 Å². The molecule has 3 amide bonds. The first-order valence-corrected chi connectivity index (χ1v) is 10.5. The summed E-state index contributed by atoms with van der Waals surface area (Å²) >= 11 is 5.97. The highest BCUT2D eigenvalue weighted by molar-refractivity contribution is 7.93. The highest BCUT2D eigenvalue weighted by atomic mass is 35.5. The summed E-state index contributed by atoms with van der Waals surface area (Å²) in [4.78, 5) is 28.5. The van der Waals surface area contributed by atoms with Gasteiger partial charge in [0.05, 0.1) is 10.5 Å². The maximum absolute atomic E-state index is 13.5. The number of imide groups is 1. The molecule has 0 spiro atoms. The van der Waals surface area contributed by atoms with Gasteiger partial charge < -0.3 is 11.1 Å². The lowest BCUT2D eigenvalue weighted by Gasteiger charge is -2.33. The monoisotopic (exact) mass is 430 g/mol. The predicted molar refractivity (Wildman–Crippen MR) is 108 cm³/mol.